The number of benzene rings is 1. The van der Waals surface area contributed by atoms with Crippen molar-refractivity contribution in [3.8, 4) is 0 Å². The number of rotatable bonds is 4. The van der Waals surface area contributed by atoms with Gasteiger partial charge in [0.2, 0.25) is 5.91 Å². The van der Waals surface area contributed by atoms with Gasteiger partial charge >= 0.3 is 12.4 Å². The van der Waals surface area contributed by atoms with Gasteiger partial charge in [-0.25, -0.2) is 0 Å². The van der Waals surface area contributed by atoms with E-state index in [1.807, 2.05) is 6.92 Å². The van der Waals surface area contributed by atoms with Gasteiger partial charge in [0.05, 0.1) is 12.1 Å². The van der Waals surface area contributed by atoms with Gasteiger partial charge in [-0.2, -0.15) is 26.3 Å². The zero-order valence-electron chi connectivity index (χ0n) is 15.5. The van der Waals surface area contributed by atoms with Crippen molar-refractivity contribution in [2.24, 2.45) is 0 Å². The van der Waals surface area contributed by atoms with Crippen LogP contribution < -0.4 is 4.90 Å². The van der Waals surface area contributed by atoms with Crippen molar-refractivity contribution in [2.75, 3.05) is 11.4 Å². The summed E-state index contributed by atoms with van der Waals surface area (Å²) in [6.07, 6.45) is -11.3. The van der Waals surface area contributed by atoms with Gasteiger partial charge in [0.25, 0.3) is 5.60 Å². The van der Waals surface area contributed by atoms with Gasteiger partial charge < -0.3 is 10.0 Å². The SMILES string of the molecule is CC[C@H]1CN(C(=O)Cc2cccs2)c2ccc(C(O)(C(F)(F)F)C(F)(F)F)cc2S1. The number of hydrogen-bond donors (Lipinski definition) is 1. The first-order chi connectivity index (χ1) is 13.9. The number of nitrogens with zero attached hydrogens (tertiary/aromatic N) is 1. The van der Waals surface area contributed by atoms with Crippen molar-refractivity contribution in [3.63, 3.8) is 0 Å². The Morgan fingerprint density at radius 1 is 1.17 bits per heavy atom. The molecule has 0 aliphatic carbocycles. The first-order valence-electron chi connectivity index (χ1n) is 8.88. The topological polar surface area (TPSA) is 40.5 Å². The highest BCUT2D eigenvalue weighted by molar-refractivity contribution is 8.00. The molecule has 1 aromatic carbocycles. The lowest BCUT2D eigenvalue weighted by atomic mass is 9.92. The summed E-state index contributed by atoms with van der Waals surface area (Å²) < 4.78 is 79.4. The molecule has 0 radical (unpaired) electrons. The number of hydrogen-bond acceptors (Lipinski definition) is 4. The second-order valence-electron chi connectivity index (χ2n) is 6.80. The first-order valence-corrected chi connectivity index (χ1v) is 10.6. The van der Waals surface area contributed by atoms with Gasteiger partial charge in [-0.1, -0.05) is 19.1 Å². The molecule has 0 saturated heterocycles. The van der Waals surface area contributed by atoms with Crippen LogP contribution in [0.1, 0.15) is 23.8 Å². The fourth-order valence-corrected chi connectivity index (χ4v) is 5.11. The Morgan fingerprint density at radius 3 is 2.37 bits per heavy atom. The average molecular weight is 469 g/mol. The minimum atomic E-state index is -5.96. The van der Waals surface area contributed by atoms with Gasteiger partial charge in [-0.05, 0) is 30.0 Å². The quantitative estimate of drug-likeness (QED) is 0.600. The van der Waals surface area contributed by atoms with Gasteiger partial charge in [0.1, 0.15) is 0 Å². The molecule has 11 heteroatoms. The number of carbonyl (C=O) groups is 1. The molecular weight excluding hydrogens is 452 g/mol. The molecule has 3 nitrogen and oxygen atoms in total. The Morgan fingerprint density at radius 2 is 1.83 bits per heavy atom. The molecule has 2 heterocycles. The summed E-state index contributed by atoms with van der Waals surface area (Å²) in [4.78, 5) is 15.1. The van der Waals surface area contributed by atoms with Gasteiger partial charge in [-0.3, -0.25) is 4.79 Å². The molecule has 0 spiro atoms. The van der Waals surface area contributed by atoms with E-state index in [1.54, 1.807) is 17.5 Å². The van der Waals surface area contributed by atoms with E-state index < -0.39 is 23.5 Å². The maximum atomic E-state index is 13.2. The predicted octanol–water partition coefficient (Wildman–Crippen LogP) is 5.52. The maximum absolute atomic E-state index is 13.2. The Balaban J connectivity index is 2.04. The number of alkyl halides is 6. The van der Waals surface area contributed by atoms with E-state index in [2.05, 4.69) is 0 Å². The van der Waals surface area contributed by atoms with E-state index in [1.165, 1.54) is 16.2 Å². The van der Waals surface area contributed by atoms with Crippen molar-refractivity contribution in [3.05, 3.63) is 46.2 Å². The number of carbonyl (C=O) groups excluding carboxylic acids is 1. The van der Waals surface area contributed by atoms with Crippen LogP contribution in [-0.4, -0.2) is 35.2 Å². The molecule has 0 unspecified atom stereocenters. The molecule has 164 valence electrons. The third kappa shape index (κ3) is 4.06. The minimum absolute atomic E-state index is 0.0784. The summed E-state index contributed by atoms with van der Waals surface area (Å²) in [6.45, 7) is 2.11. The van der Waals surface area contributed by atoms with E-state index >= 15 is 0 Å². The molecule has 0 fully saturated rings. The van der Waals surface area contributed by atoms with Crippen molar-refractivity contribution >= 4 is 34.7 Å². The standard InChI is InChI=1S/C19H17F6NO2S2/c1-2-12-10-26(16(27)9-13-4-3-7-29-13)14-6-5-11(8-15(14)30-12)17(28,18(20,21)22)19(23,24)25/h3-8,12,28H,2,9-10H2,1H3/t12-/m0/s1. The van der Waals surface area contributed by atoms with Crippen LogP contribution in [0.5, 0.6) is 0 Å². The molecule has 1 aliphatic rings. The van der Waals surface area contributed by atoms with E-state index in [0.29, 0.717) is 25.1 Å². The van der Waals surface area contributed by atoms with Crippen molar-refractivity contribution in [1.82, 2.24) is 0 Å². The van der Waals surface area contributed by atoms with E-state index in [0.717, 1.165) is 22.7 Å². The smallest absolute Gasteiger partial charge is 0.369 e. The van der Waals surface area contributed by atoms with E-state index in [4.69, 9.17) is 0 Å². The molecule has 1 N–H and O–H groups in total. The fourth-order valence-electron chi connectivity index (χ4n) is 3.17. The number of anilines is 1. The largest absolute Gasteiger partial charge is 0.430 e. The summed E-state index contributed by atoms with van der Waals surface area (Å²) in [6, 6.07) is 5.86. The van der Waals surface area contributed by atoms with Crippen LogP contribution >= 0.6 is 23.1 Å². The molecule has 30 heavy (non-hydrogen) atoms. The van der Waals surface area contributed by atoms with Crippen LogP contribution in [0.15, 0.2) is 40.6 Å². The molecule has 1 amide bonds. The fraction of sp³-hybridized carbons (Fsp3) is 0.421. The molecule has 2 aromatic rings. The summed E-state index contributed by atoms with van der Waals surface area (Å²) >= 11 is 2.48. The highest BCUT2D eigenvalue weighted by Crippen LogP contribution is 2.52. The van der Waals surface area contributed by atoms with E-state index in [9.17, 15) is 36.2 Å². The predicted molar refractivity (Wildman–Crippen MR) is 103 cm³/mol. The zero-order valence-corrected chi connectivity index (χ0v) is 17.2. The summed E-state index contributed by atoms with van der Waals surface area (Å²) in [5.74, 6) is -0.299. The molecule has 1 aliphatic heterocycles. The number of thioether (sulfide) groups is 1. The average Bonchev–Trinajstić information content (AvgIpc) is 3.16. The lowest BCUT2D eigenvalue weighted by Crippen LogP contribution is -2.54. The van der Waals surface area contributed by atoms with Crippen LogP contribution in [0.4, 0.5) is 32.0 Å². The van der Waals surface area contributed by atoms with Gasteiger partial charge in [-0.15, -0.1) is 23.1 Å². The summed E-state index contributed by atoms with van der Waals surface area (Å²) in [5, 5.41) is 11.3. The number of aliphatic hydroxyl groups is 1. The Kier molecular flexibility index (Phi) is 6.18. The van der Waals surface area contributed by atoms with Crippen LogP contribution in [0, 0.1) is 0 Å². The lowest BCUT2D eigenvalue weighted by Gasteiger charge is -2.36. The molecule has 3 rings (SSSR count). The molecular formula is C19H17F6NO2S2. The third-order valence-corrected chi connectivity index (χ3v) is 7.10. The highest BCUT2D eigenvalue weighted by Gasteiger charge is 2.71. The Hall–Kier alpha value is -1.72. The molecule has 1 atom stereocenters. The van der Waals surface area contributed by atoms with Crippen LogP contribution in [0.3, 0.4) is 0 Å². The molecule has 0 bridgehead atoms. The monoisotopic (exact) mass is 469 g/mol. The number of halogens is 6. The van der Waals surface area contributed by atoms with Gasteiger partial charge in [0.15, 0.2) is 0 Å². The molecule has 0 saturated carbocycles. The van der Waals surface area contributed by atoms with Crippen molar-refractivity contribution < 1.29 is 36.2 Å². The zero-order chi connectivity index (χ0) is 22.3. The number of fused-ring (bicyclic) bond motifs is 1. The van der Waals surface area contributed by atoms with Crippen molar-refractivity contribution in [2.45, 2.75) is 47.9 Å². The number of thiophene rings is 1. The lowest BCUT2D eigenvalue weighted by molar-refractivity contribution is -0.376. The van der Waals surface area contributed by atoms with E-state index in [-0.39, 0.29) is 28.2 Å². The first kappa shape index (κ1) is 23.0. The highest BCUT2D eigenvalue weighted by atomic mass is 32.2. The van der Waals surface area contributed by atoms with Crippen LogP contribution in [-0.2, 0) is 16.8 Å². The Bertz CT molecular complexity index is 897. The number of amides is 1. The van der Waals surface area contributed by atoms with Crippen LogP contribution in [0.25, 0.3) is 0 Å². The van der Waals surface area contributed by atoms with Crippen LogP contribution in [0.2, 0.25) is 0 Å². The summed E-state index contributed by atoms with van der Waals surface area (Å²) in [5.41, 5.74) is -6.08. The minimum Gasteiger partial charge on any atom is -0.369 e. The second kappa shape index (κ2) is 8.08. The van der Waals surface area contributed by atoms with Crippen molar-refractivity contribution in [1.29, 1.82) is 0 Å². The second-order valence-corrected chi connectivity index (χ2v) is 9.17. The summed E-state index contributed by atoms with van der Waals surface area (Å²) in [7, 11) is 0. The maximum Gasteiger partial charge on any atom is 0.430 e. The molecule has 1 aromatic heterocycles. The normalized spacial score (nSPS) is 17.7. The Labute approximate surface area is 176 Å². The third-order valence-electron chi connectivity index (χ3n) is 4.83. The van der Waals surface area contributed by atoms with Gasteiger partial charge in [0, 0.05) is 27.1 Å².